The third-order valence-electron chi connectivity index (χ3n) is 8.15. The van der Waals surface area contributed by atoms with Gasteiger partial charge in [0.25, 0.3) is 26.1 Å². The van der Waals surface area contributed by atoms with Crippen LogP contribution in [0.4, 0.5) is 0 Å². The second-order valence-corrected chi connectivity index (χ2v) is 15.2. The second-order valence-electron chi connectivity index (χ2n) is 11.5. The van der Waals surface area contributed by atoms with Gasteiger partial charge in [0.2, 0.25) is 0 Å². The topological polar surface area (TPSA) is 138 Å². The van der Waals surface area contributed by atoms with Gasteiger partial charge >= 0.3 is 0 Å². The molecule has 0 aliphatic carbocycles. The third kappa shape index (κ3) is 7.69. The number of hydrogen-bond donors (Lipinski definition) is 2. The fraction of sp³-hybridized carbons (Fsp3) is 0.139. The molecule has 0 radical (unpaired) electrons. The molecule has 0 aromatic heterocycles. The van der Waals surface area contributed by atoms with Gasteiger partial charge in [0.05, 0.1) is 15.4 Å². The van der Waals surface area contributed by atoms with Gasteiger partial charge in [-0.3, -0.25) is 13.9 Å². The molecule has 0 unspecified atom stereocenters. The van der Waals surface area contributed by atoms with Gasteiger partial charge in [-0.15, -0.1) is 0 Å². The Balaban J connectivity index is 1.44. The number of amides is 1. The van der Waals surface area contributed by atoms with Gasteiger partial charge in [-0.2, -0.15) is 16.8 Å². The first-order chi connectivity index (χ1) is 22.8. The number of rotatable bonds is 10. The largest absolute Gasteiger partial charge is 0.488 e. The molecular formula is C36H30BrNO8S2. The van der Waals surface area contributed by atoms with E-state index in [-0.39, 0.29) is 28.7 Å². The lowest BCUT2D eigenvalue weighted by molar-refractivity contribution is 0.0745. The Morgan fingerprint density at radius 3 is 1.88 bits per heavy atom. The molecule has 0 saturated carbocycles. The maximum Gasteiger partial charge on any atom is 0.294 e. The maximum atomic E-state index is 14.5. The first kappa shape index (κ1) is 33.6. The maximum absolute atomic E-state index is 14.5. The Bertz CT molecular complexity index is 2210. The molecule has 12 heteroatoms. The van der Waals surface area contributed by atoms with Crippen molar-refractivity contribution in [3.05, 3.63) is 158 Å². The lowest BCUT2D eigenvalue weighted by Gasteiger charge is -2.22. The molecule has 6 rings (SSSR count). The van der Waals surface area contributed by atoms with E-state index < -0.39 is 20.2 Å². The van der Waals surface area contributed by atoms with Crippen molar-refractivity contribution in [3.63, 3.8) is 0 Å². The summed E-state index contributed by atoms with van der Waals surface area (Å²) in [5, 5.41) is 0. The molecule has 1 amide bonds. The molecule has 9 nitrogen and oxygen atoms in total. The number of halogens is 1. The molecule has 1 aliphatic rings. The van der Waals surface area contributed by atoms with Crippen LogP contribution in [0.25, 0.3) is 0 Å². The summed E-state index contributed by atoms with van der Waals surface area (Å²) in [6.45, 7) is 1.01. The van der Waals surface area contributed by atoms with Gasteiger partial charge in [-0.25, -0.2) is 0 Å². The van der Waals surface area contributed by atoms with E-state index in [0.717, 1.165) is 32.3 Å². The van der Waals surface area contributed by atoms with Crippen molar-refractivity contribution in [3.8, 4) is 5.75 Å². The van der Waals surface area contributed by atoms with Gasteiger partial charge in [0.1, 0.15) is 12.4 Å². The average Bonchev–Trinajstić information content (AvgIpc) is 3.50. The van der Waals surface area contributed by atoms with E-state index in [4.69, 9.17) is 4.74 Å². The molecule has 0 spiro atoms. The number of carbonyl (C=O) groups excluding carboxylic acids is 1. The molecule has 2 N–H and O–H groups in total. The number of carbonyl (C=O) groups is 1. The first-order valence-corrected chi connectivity index (χ1v) is 18.5. The molecule has 5 aromatic carbocycles. The molecule has 5 aromatic rings. The normalized spacial score (nSPS) is 12.9. The van der Waals surface area contributed by atoms with Crippen LogP contribution in [0.2, 0.25) is 0 Å². The quantitative estimate of drug-likeness (QED) is 0.148. The van der Waals surface area contributed by atoms with Crippen LogP contribution in [0.15, 0.2) is 123 Å². The second kappa shape index (κ2) is 13.7. The minimum absolute atomic E-state index is 0.196. The minimum Gasteiger partial charge on any atom is -0.488 e. The standard InChI is InChI=1S/C36H30BrNO8S2/c37-33-8-4-7-28-21-38(22-32(28)33)36(39)35-29(18-25-11-15-31(16-12-25)48(43,44)45)19-27(17-24-9-13-30(14-10-24)47(40,41)42)20-34(35)46-23-26-5-2-1-3-6-26/h1-16,19-20H,17-18,21-23H2,(H,40,41,42)(H,43,44,45). The molecule has 0 saturated heterocycles. The highest BCUT2D eigenvalue weighted by Gasteiger charge is 2.30. The van der Waals surface area contributed by atoms with Crippen LogP contribution >= 0.6 is 15.9 Å². The van der Waals surface area contributed by atoms with Crippen molar-refractivity contribution in [1.82, 2.24) is 4.90 Å². The summed E-state index contributed by atoms with van der Waals surface area (Å²) in [6.07, 6.45) is 0.604. The highest BCUT2D eigenvalue weighted by molar-refractivity contribution is 9.10. The SMILES string of the molecule is O=C(c1c(Cc2ccc(S(=O)(=O)O)cc2)cc(Cc2ccc(S(=O)(=O)O)cc2)cc1OCc1ccccc1)N1Cc2cccc(Br)c2C1. The monoisotopic (exact) mass is 747 g/mol. The van der Waals surface area contributed by atoms with E-state index in [0.29, 0.717) is 42.0 Å². The number of nitrogens with zero attached hydrogens (tertiary/aromatic N) is 1. The van der Waals surface area contributed by atoms with Crippen molar-refractivity contribution in [2.45, 2.75) is 42.3 Å². The van der Waals surface area contributed by atoms with E-state index in [1.54, 1.807) is 29.2 Å². The van der Waals surface area contributed by atoms with E-state index in [1.165, 1.54) is 24.3 Å². The predicted molar refractivity (Wildman–Crippen MR) is 183 cm³/mol. The molecule has 0 fully saturated rings. The van der Waals surface area contributed by atoms with E-state index in [9.17, 15) is 30.7 Å². The molecular weight excluding hydrogens is 718 g/mol. The summed E-state index contributed by atoms with van der Waals surface area (Å²) in [5.41, 5.74) is 6.24. The zero-order chi connectivity index (χ0) is 34.1. The molecule has 0 atom stereocenters. The Morgan fingerprint density at radius 2 is 1.29 bits per heavy atom. The van der Waals surface area contributed by atoms with Gasteiger partial charge in [-0.1, -0.05) is 88.7 Å². The van der Waals surface area contributed by atoms with Gasteiger partial charge < -0.3 is 9.64 Å². The summed E-state index contributed by atoms with van der Waals surface area (Å²) >= 11 is 3.61. The highest BCUT2D eigenvalue weighted by Crippen LogP contribution is 2.35. The lowest BCUT2D eigenvalue weighted by Crippen LogP contribution is -2.27. The Kier molecular flexibility index (Phi) is 9.55. The van der Waals surface area contributed by atoms with E-state index in [1.807, 2.05) is 60.7 Å². The Hall–Kier alpha value is -4.33. The summed E-state index contributed by atoms with van der Waals surface area (Å²) in [4.78, 5) is 15.8. The zero-order valence-electron chi connectivity index (χ0n) is 25.4. The van der Waals surface area contributed by atoms with Gasteiger partial charge in [0, 0.05) is 17.6 Å². The third-order valence-corrected chi connectivity index (χ3v) is 10.6. The van der Waals surface area contributed by atoms with Crippen molar-refractivity contribution in [2.75, 3.05) is 0 Å². The number of benzene rings is 5. The number of ether oxygens (including phenoxy) is 1. The average molecular weight is 749 g/mol. The zero-order valence-corrected chi connectivity index (χ0v) is 28.6. The fourth-order valence-corrected chi connectivity index (χ4v) is 7.26. The molecule has 1 aliphatic heterocycles. The molecule has 1 heterocycles. The fourth-order valence-electron chi connectivity index (χ4n) is 5.77. The van der Waals surface area contributed by atoms with E-state index >= 15 is 0 Å². The highest BCUT2D eigenvalue weighted by atomic mass is 79.9. The van der Waals surface area contributed by atoms with E-state index in [2.05, 4.69) is 15.9 Å². The Morgan fingerprint density at radius 1 is 0.688 bits per heavy atom. The summed E-state index contributed by atoms with van der Waals surface area (Å²) < 4.78 is 72.7. The summed E-state index contributed by atoms with van der Waals surface area (Å²) in [6, 6.07) is 30.8. The molecule has 0 bridgehead atoms. The molecule has 48 heavy (non-hydrogen) atoms. The number of fused-ring (bicyclic) bond motifs is 1. The molecule has 246 valence electrons. The van der Waals surface area contributed by atoms with Crippen LogP contribution < -0.4 is 4.74 Å². The van der Waals surface area contributed by atoms with Crippen molar-refractivity contribution < 1.29 is 35.5 Å². The predicted octanol–water partition coefficient (Wildman–Crippen LogP) is 6.86. The van der Waals surface area contributed by atoms with Crippen molar-refractivity contribution >= 4 is 42.1 Å². The smallest absolute Gasteiger partial charge is 0.294 e. The van der Waals surface area contributed by atoms with Crippen LogP contribution in [0.5, 0.6) is 5.75 Å². The first-order valence-electron chi connectivity index (χ1n) is 14.9. The van der Waals surface area contributed by atoms with Gasteiger partial charge in [0.15, 0.2) is 0 Å². The Labute approximate surface area is 287 Å². The van der Waals surface area contributed by atoms with Crippen molar-refractivity contribution in [1.29, 1.82) is 0 Å². The van der Waals surface area contributed by atoms with Crippen LogP contribution in [-0.4, -0.2) is 36.7 Å². The van der Waals surface area contributed by atoms with Crippen LogP contribution in [0.3, 0.4) is 0 Å². The van der Waals surface area contributed by atoms with Crippen LogP contribution in [-0.2, 0) is 52.8 Å². The lowest BCUT2D eigenvalue weighted by atomic mass is 9.93. The number of hydrogen-bond acceptors (Lipinski definition) is 6. The summed E-state index contributed by atoms with van der Waals surface area (Å²) in [5.74, 6) is 0.144. The summed E-state index contributed by atoms with van der Waals surface area (Å²) in [7, 11) is -8.74. The van der Waals surface area contributed by atoms with Crippen molar-refractivity contribution in [2.24, 2.45) is 0 Å². The minimum atomic E-state index is -4.39. The van der Waals surface area contributed by atoms with Crippen LogP contribution in [0, 0.1) is 0 Å². The van der Waals surface area contributed by atoms with Crippen LogP contribution in [0.1, 0.15) is 49.3 Å². The van der Waals surface area contributed by atoms with Gasteiger partial charge in [-0.05, 0) is 88.2 Å².